The number of hydrogen-bond acceptors (Lipinski definition) is 2. The van der Waals surface area contributed by atoms with Crippen LogP contribution in [-0.2, 0) is 12.7 Å². The largest absolute Gasteiger partial charge is 0.416 e. The summed E-state index contributed by atoms with van der Waals surface area (Å²) in [6.45, 7) is 2.48. The summed E-state index contributed by atoms with van der Waals surface area (Å²) in [5.41, 5.74) is -0.290. The van der Waals surface area contributed by atoms with Crippen LogP contribution >= 0.6 is 0 Å². The Kier molecular flexibility index (Phi) is 5.06. The molecule has 2 amide bonds. The Morgan fingerprint density at radius 1 is 1.33 bits per heavy atom. The molecule has 2 rings (SSSR count). The minimum atomic E-state index is -4.37. The van der Waals surface area contributed by atoms with E-state index in [1.807, 2.05) is 0 Å². The third-order valence-corrected chi connectivity index (χ3v) is 3.42. The maximum Gasteiger partial charge on any atom is 0.416 e. The molecular formula is C14H18F3N3O. The molecule has 1 saturated heterocycles. The topological polar surface area (TPSA) is 53.2 Å². The maximum absolute atomic E-state index is 12.6. The fourth-order valence-corrected chi connectivity index (χ4v) is 2.23. The summed E-state index contributed by atoms with van der Waals surface area (Å²) in [4.78, 5) is 11.6. The zero-order valence-electron chi connectivity index (χ0n) is 11.5. The average molecular weight is 301 g/mol. The zero-order valence-corrected chi connectivity index (χ0v) is 11.5. The van der Waals surface area contributed by atoms with Crippen molar-refractivity contribution in [1.29, 1.82) is 0 Å². The summed E-state index contributed by atoms with van der Waals surface area (Å²) in [6, 6.07) is 4.58. The lowest BCUT2D eigenvalue weighted by atomic mass is 10.1. The third-order valence-electron chi connectivity index (χ3n) is 3.42. The third kappa shape index (κ3) is 4.93. The fraction of sp³-hybridized carbons (Fsp3) is 0.500. The number of hydrogen-bond donors (Lipinski definition) is 3. The number of amides is 2. The molecule has 1 aliphatic rings. The first-order valence-corrected chi connectivity index (χ1v) is 6.83. The first-order chi connectivity index (χ1) is 9.95. The van der Waals surface area contributed by atoms with Gasteiger partial charge < -0.3 is 16.0 Å². The predicted octanol–water partition coefficient (Wildman–Crippen LogP) is 2.11. The number of urea groups is 1. The van der Waals surface area contributed by atoms with E-state index in [0.717, 1.165) is 31.6 Å². The molecule has 1 aromatic rings. The van der Waals surface area contributed by atoms with E-state index in [2.05, 4.69) is 16.0 Å². The number of carbonyl (C=O) groups excluding carboxylic acids is 1. The van der Waals surface area contributed by atoms with Crippen LogP contribution in [0.25, 0.3) is 0 Å². The van der Waals surface area contributed by atoms with Gasteiger partial charge in [-0.25, -0.2) is 4.79 Å². The van der Waals surface area contributed by atoms with Gasteiger partial charge in [-0.1, -0.05) is 12.1 Å². The van der Waals surface area contributed by atoms with E-state index in [1.165, 1.54) is 6.07 Å². The normalized spacial score (nSPS) is 18.5. The molecule has 21 heavy (non-hydrogen) atoms. The van der Waals surface area contributed by atoms with E-state index in [1.54, 1.807) is 6.07 Å². The molecule has 1 unspecified atom stereocenters. The lowest BCUT2D eigenvalue weighted by molar-refractivity contribution is -0.137. The van der Waals surface area contributed by atoms with Crippen LogP contribution in [0.15, 0.2) is 24.3 Å². The summed E-state index contributed by atoms with van der Waals surface area (Å²) in [5, 5.41) is 8.49. The number of benzene rings is 1. The molecule has 1 heterocycles. The molecule has 1 fully saturated rings. The van der Waals surface area contributed by atoms with Gasteiger partial charge in [0.05, 0.1) is 5.56 Å². The molecule has 0 spiro atoms. The van der Waals surface area contributed by atoms with E-state index < -0.39 is 11.7 Å². The molecule has 1 aromatic carbocycles. The highest BCUT2D eigenvalue weighted by molar-refractivity contribution is 5.73. The van der Waals surface area contributed by atoms with E-state index in [9.17, 15) is 18.0 Å². The van der Waals surface area contributed by atoms with E-state index >= 15 is 0 Å². The lowest BCUT2D eigenvalue weighted by Crippen LogP contribution is -2.38. The van der Waals surface area contributed by atoms with Crippen LogP contribution in [0.5, 0.6) is 0 Å². The van der Waals surface area contributed by atoms with E-state index in [-0.39, 0.29) is 12.6 Å². The monoisotopic (exact) mass is 301 g/mol. The number of carbonyl (C=O) groups is 1. The summed E-state index contributed by atoms with van der Waals surface area (Å²) in [6.07, 6.45) is -3.35. The Labute approximate surface area is 121 Å². The van der Waals surface area contributed by atoms with Crippen molar-refractivity contribution in [1.82, 2.24) is 16.0 Å². The molecule has 0 radical (unpaired) electrons. The Balaban J connectivity index is 1.78. The first kappa shape index (κ1) is 15.6. The lowest BCUT2D eigenvalue weighted by Gasteiger charge is -2.12. The van der Waals surface area contributed by atoms with Crippen molar-refractivity contribution < 1.29 is 18.0 Å². The van der Waals surface area contributed by atoms with Gasteiger partial charge in [0.25, 0.3) is 0 Å². The minimum absolute atomic E-state index is 0.0681. The van der Waals surface area contributed by atoms with Crippen molar-refractivity contribution >= 4 is 6.03 Å². The van der Waals surface area contributed by atoms with Gasteiger partial charge >= 0.3 is 12.2 Å². The SMILES string of the molecule is O=C(NCc1cccc(C(F)(F)F)c1)NCC1CCNC1. The quantitative estimate of drug-likeness (QED) is 0.798. The highest BCUT2D eigenvalue weighted by Crippen LogP contribution is 2.29. The van der Waals surface area contributed by atoms with Gasteiger partial charge in [-0.15, -0.1) is 0 Å². The van der Waals surface area contributed by atoms with Crippen molar-refractivity contribution in [2.75, 3.05) is 19.6 Å². The molecule has 4 nitrogen and oxygen atoms in total. The summed E-state index contributed by atoms with van der Waals surface area (Å²) in [7, 11) is 0. The predicted molar refractivity (Wildman–Crippen MR) is 72.7 cm³/mol. The van der Waals surface area contributed by atoms with Gasteiger partial charge in [-0.3, -0.25) is 0 Å². The molecule has 0 aliphatic carbocycles. The second kappa shape index (κ2) is 6.80. The number of nitrogens with one attached hydrogen (secondary N) is 3. The second-order valence-electron chi connectivity index (χ2n) is 5.12. The number of rotatable bonds is 4. The zero-order chi connectivity index (χ0) is 15.3. The van der Waals surface area contributed by atoms with Crippen molar-refractivity contribution in [3.05, 3.63) is 35.4 Å². The van der Waals surface area contributed by atoms with E-state index in [0.29, 0.717) is 18.0 Å². The average Bonchev–Trinajstić information content (AvgIpc) is 2.95. The van der Waals surface area contributed by atoms with Gasteiger partial charge in [-0.05, 0) is 43.1 Å². The van der Waals surface area contributed by atoms with Crippen LogP contribution in [0.2, 0.25) is 0 Å². The Bertz CT molecular complexity index is 485. The van der Waals surface area contributed by atoms with Gasteiger partial charge in [0.15, 0.2) is 0 Å². The van der Waals surface area contributed by atoms with Gasteiger partial charge in [0.2, 0.25) is 0 Å². The highest BCUT2D eigenvalue weighted by atomic mass is 19.4. The Hall–Kier alpha value is -1.76. The van der Waals surface area contributed by atoms with Gasteiger partial charge in [0.1, 0.15) is 0 Å². The molecule has 116 valence electrons. The van der Waals surface area contributed by atoms with Gasteiger partial charge in [-0.2, -0.15) is 13.2 Å². The molecule has 7 heteroatoms. The van der Waals surface area contributed by atoms with Gasteiger partial charge in [0, 0.05) is 13.1 Å². The molecule has 0 aromatic heterocycles. The Morgan fingerprint density at radius 3 is 2.81 bits per heavy atom. The standard InChI is InChI=1S/C14H18F3N3O/c15-14(16,17)12-3-1-2-10(6-12)8-19-13(21)20-9-11-4-5-18-7-11/h1-3,6,11,18H,4-5,7-9H2,(H2,19,20,21). The minimum Gasteiger partial charge on any atom is -0.338 e. The Morgan fingerprint density at radius 2 is 2.14 bits per heavy atom. The van der Waals surface area contributed by atoms with E-state index in [4.69, 9.17) is 0 Å². The van der Waals surface area contributed by atoms with Crippen LogP contribution in [-0.4, -0.2) is 25.7 Å². The van der Waals surface area contributed by atoms with Crippen LogP contribution in [0.3, 0.4) is 0 Å². The number of alkyl halides is 3. The molecule has 0 saturated carbocycles. The maximum atomic E-state index is 12.6. The second-order valence-corrected chi connectivity index (χ2v) is 5.12. The summed E-state index contributed by atoms with van der Waals surface area (Å²) < 4.78 is 37.7. The van der Waals surface area contributed by atoms with Crippen LogP contribution < -0.4 is 16.0 Å². The van der Waals surface area contributed by atoms with Crippen molar-refractivity contribution in [3.8, 4) is 0 Å². The molecule has 1 aliphatic heterocycles. The fourth-order valence-electron chi connectivity index (χ4n) is 2.23. The highest BCUT2D eigenvalue weighted by Gasteiger charge is 2.30. The summed E-state index contributed by atoms with van der Waals surface area (Å²) in [5.74, 6) is 0.421. The van der Waals surface area contributed by atoms with Crippen molar-refractivity contribution in [2.24, 2.45) is 5.92 Å². The number of halogens is 3. The van der Waals surface area contributed by atoms with Crippen molar-refractivity contribution in [3.63, 3.8) is 0 Å². The molecule has 3 N–H and O–H groups in total. The summed E-state index contributed by atoms with van der Waals surface area (Å²) >= 11 is 0. The van der Waals surface area contributed by atoms with Crippen LogP contribution in [0.4, 0.5) is 18.0 Å². The van der Waals surface area contributed by atoms with Crippen LogP contribution in [0.1, 0.15) is 17.5 Å². The smallest absolute Gasteiger partial charge is 0.338 e. The first-order valence-electron chi connectivity index (χ1n) is 6.83. The molecule has 1 atom stereocenters. The van der Waals surface area contributed by atoms with Crippen LogP contribution in [0, 0.1) is 5.92 Å². The molecule has 0 bridgehead atoms. The van der Waals surface area contributed by atoms with Crippen molar-refractivity contribution in [2.45, 2.75) is 19.1 Å². The molecular weight excluding hydrogens is 283 g/mol.